The third-order valence-electron chi connectivity index (χ3n) is 5.72. The van der Waals surface area contributed by atoms with E-state index in [0.29, 0.717) is 0 Å². The van der Waals surface area contributed by atoms with Gasteiger partial charge in [-0.15, -0.1) is 0 Å². The van der Waals surface area contributed by atoms with E-state index in [1.54, 1.807) is 0 Å². The van der Waals surface area contributed by atoms with Gasteiger partial charge in [0.15, 0.2) is 0 Å². The monoisotopic (exact) mass is 351 g/mol. The molecule has 0 aromatic carbocycles. The quantitative estimate of drug-likeness (QED) is 0.191. The average Bonchev–Trinajstić information content (AvgIpc) is 2.61. The summed E-state index contributed by atoms with van der Waals surface area (Å²) in [6.45, 7) is 9.41. The van der Waals surface area contributed by atoms with Gasteiger partial charge in [-0.1, -0.05) is 143 Å². The third kappa shape index (κ3) is 18.6. The van der Waals surface area contributed by atoms with Gasteiger partial charge in [0, 0.05) is 0 Å². The Morgan fingerprint density at radius 2 is 0.840 bits per heavy atom. The predicted molar refractivity (Wildman–Crippen MR) is 117 cm³/mol. The summed E-state index contributed by atoms with van der Waals surface area (Å²) in [7, 11) is 0. The maximum Gasteiger partial charge on any atom is -0.0326 e. The van der Waals surface area contributed by atoms with Crippen LogP contribution in [-0.4, -0.2) is 0 Å². The summed E-state index contributed by atoms with van der Waals surface area (Å²) in [5.74, 6) is 1.73. The molecule has 0 heterocycles. The van der Waals surface area contributed by atoms with Gasteiger partial charge in [-0.2, -0.15) is 0 Å². The maximum atomic E-state index is 2.75. The number of hydrogen-bond acceptors (Lipinski definition) is 0. The van der Waals surface area contributed by atoms with E-state index in [2.05, 4.69) is 34.1 Å². The van der Waals surface area contributed by atoms with Crippen LogP contribution >= 0.6 is 0 Å². The van der Waals surface area contributed by atoms with Crippen molar-refractivity contribution < 1.29 is 0 Å². The van der Waals surface area contributed by atoms with Crippen LogP contribution in [0.2, 0.25) is 0 Å². The van der Waals surface area contributed by atoms with E-state index in [1.165, 1.54) is 116 Å². The van der Waals surface area contributed by atoms with E-state index in [4.69, 9.17) is 0 Å². The molecule has 0 amide bonds. The fourth-order valence-electron chi connectivity index (χ4n) is 3.99. The van der Waals surface area contributed by atoms with Gasteiger partial charge in [-0.05, 0) is 18.3 Å². The van der Waals surface area contributed by atoms with Crippen molar-refractivity contribution in [1.82, 2.24) is 0 Å². The molecule has 0 aliphatic rings. The molecule has 0 N–H and O–H groups in total. The number of unbranched alkanes of at least 4 members (excludes halogenated alkanes) is 12. The Morgan fingerprint density at radius 1 is 0.480 bits per heavy atom. The molecule has 0 bridgehead atoms. The van der Waals surface area contributed by atoms with Crippen molar-refractivity contribution in [1.29, 1.82) is 0 Å². The van der Waals surface area contributed by atoms with E-state index < -0.39 is 0 Å². The lowest BCUT2D eigenvalue weighted by Gasteiger charge is -2.21. The molecular weight excluding hydrogens is 300 g/mol. The zero-order valence-corrected chi connectivity index (χ0v) is 18.5. The predicted octanol–water partition coefficient (Wildman–Crippen LogP) is 9.52. The molecule has 151 valence electrons. The molecule has 0 spiro atoms. The molecule has 25 heavy (non-hydrogen) atoms. The lowest BCUT2D eigenvalue weighted by atomic mass is 9.85. The lowest BCUT2D eigenvalue weighted by molar-refractivity contribution is 0.397. The highest BCUT2D eigenvalue weighted by molar-refractivity contribution is 4.81. The van der Waals surface area contributed by atoms with Crippen molar-refractivity contribution >= 4 is 0 Å². The second-order valence-corrected chi connectivity index (χ2v) is 8.54. The van der Waals surface area contributed by atoms with Gasteiger partial charge in [0.2, 0.25) is 0 Å². The minimum absolute atomic E-state index is 0.831. The van der Waals surface area contributed by atoms with Crippen LogP contribution in [0.4, 0.5) is 0 Å². The second kappa shape index (κ2) is 20.3. The molecule has 0 aliphatic carbocycles. The summed E-state index contributed by atoms with van der Waals surface area (Å²) in [6, 6.07) is 0. The van der Waals surface area contributed by atoms with E-state index >= 15 is 0 Å². The summed E-state index contributed by atoms with van der Waals surface area (Å²) in [4.78, 5) is 0. The van der Waals surface area contributed by atoms with Crippen LogP contribution in [0.5, 0.6) is 0 Å². The van der Waals surface area contributed by atoms with Crippen LogP contribution in [0.25, 0.3) is 0 Å². The van der Waals surface area contributed by atoms with E-state index in [-0.39, 0.29) is 0 Å². The fraction of sp³-hybridized carbons (Fsp3) is 0.960. The van der Waals surface area contributed by atoms with Crippen LogP contribution in [0.1, 0.15) is 143 Å². The molecule has 0 aromatic rings. The smallest absolute Gasteiger partial charge is 0.0326 e. The summed E-state index contributed by atoms with van der Waals surface area (Å²) in [5.41, 5.74) is 0. The first-order valence-corrected chi connectivity index (χ1v) is 12.1. The molecule has 0 saturated carbocycles. The minimum atomic E-state index is 0.831. The first kappa shape index (κ1) is 25.0. The normalized spacial score (nSPS) is 13.9. The van der Waals surface area contributed by atoms with Crippen molar-refractivity contribution in [2.45, 2.75) is 143 Å². The number of hydrogen-bond donors (Lipinski definition) is 0. The van der Waals surface area contributed by atoms with Crippen molar-refractivity contribution in [2.75, 3.05) is 0 Å². The van der Waals surface area contributed by atoms with E-state index in [1.807, 2.05) is 0 Å². The molecule has 0 aliphatic heterocycles. The Hall–Kier alpha value is 0. The Balaban J connectivity index is 3.90. The van der Waals surface area contributed by atoms with Crippen LogP contribution in [-0.2, 0) is 0 Å². The van der Waals surface area contributed by atoms with Gasteiger partial charge in [-0.3, -0.25) is 0 Å². The first-order valence-electron chi connectivity index (χ1n) is 12.1. The highest BCUT2D eigenvalue weighted by Gasteiger charge is 2.13. The maximum absolute atomic E-state index is 2.75. The summed E-state index contributed by atoms with van der Waals surface area (Å²) < 4.78 is 0. The summed E-state index contributed by atoms with van der Waals surface area (Å²) in [5, 5.41) is 0. The Labute approximate surface area is 161 Å². The topological polar surface area (TPSA) is 0 Å². The molecule has 2 atom stereocenters. The van der Waals surface area contributed by atoms with E-state index in [9.17, 15) is 0 Å². The molecule has 1 radical (unpaired) electrons. The fourth-order valence-corrected chi connectivity index (χ4v) is 3.99. The molecule has 0 saturated heterocycles. The molecule has 0 heteroatoms. The zero-order chi connectivity index (χ0) is 18.6. The van der Waals surface area contributed by atoms with Crippen molar-refractivity contribution in [3.05, 3.63) is 6.42 Å². The Morgan fingerprint density at radius 3 is 1.32 bits per heavy atom. The van der Waals surface area contributed by atoms with Crippen LogP contribution in [0.15, 0.2) is 0 Å². The standard InChI is InChI=1S/C25H51/c1-5-8-11-14-16-17-20-24(4)23-25(21-18-13-10-7-3)22-19-15-12-9-6-2/h23-25H,5-22H2,1-4H3. The molecular formula is C25H51. The summed E-state index contributed by atoms with van der Waals surface area (Å²) in [6.07, 6.45) is 28.5. The van der Waals surface area contributed by atoms with Crippen molar-refractivity contribution in [3.63, 3.8) is 0 Å². The van der Waals surface area contributed by atoms with Gasteiger partial charge < -0.3 is 0 Å². The summed E-state index contributed by atoms with van der Waals surface area (Å²) >= 11 is 0. The highest BCUT2D eigenvalue weighted by Crippen LogP contribution is 2.26. The lowest BCUT2D eigenvalue weighted by Crippen LogP contribution is -2.09. The first-order chi connectivity index (χ1) is 12.2. The van der Waals surface area contributed by atoms with Gasteiger partial charge in [0.25, 0.3) is 0 Å². The molecule has 0 fully saturated rings. The molecule has 2 unspecified atom stereocenters. The van der Waals surface area contributed by atoms with Crippen LogP contribution < -0.4 is 0 Å². The number of rotatable bonds is 20. The third-order valence-corrected chi connectivity index (χ3v) is 5.72. The SMILES string of the molecule is CCCCCCCCC(C)[CH]C(CCCCCC)CCCCCCC. The largest absolute Gasteiger partial charge is 0.0654 e. The zero-order valence-electron chi connectivity index (χ0n) is 18.5. The van der Waals surface area contributed by atoms with Gasteiger partial charge in [0.1, 0.15) is 0 Å². The Kier molecular flexibility index (Phi) is 20.3. The molecule has 0 nitrogen and oxygen atoms in total. The molecule has 0 aromatic heterocycles. The van der Waals surface area contributed by atoms with E-state index in [0.717, 1.165) is 11.8 Å². The van der Waals surface area contributed by atoms with Gasteiger partial charge >= 0.3 is 0 Å². The van der Waals surface area contributed by atoms with Crippen LogP contribution in [0.3, 0.4) is 0 Å². The van der Waals surface area contributed by atoms with Crippen LogP contribution in [0, 0.1) is 18.3 Å². The highest BCUT2D eigenvalue weighted by atomic mass is 14.2. The van der Waals surface area contributed by atoms with Crippen molar-refractivity contribution in [3.8, 4) is 0 Å². The van der Waals surface area contributed by atoms with Crippen molar-refractivity contribution in [2.24, 2.45) is 11.8 Å². The second-order valence-electron chi connectivity index (χ2n) is 8.54. The van der Waals surface area contributed by atoms with Gasteiger partial charge in [0.05, 0.1) is 0 Å². The average molecular weight is 352 g/mol. The van der Waals surface area contributed by atoms with Gasteiger partial charge in [-0.25, -0.2) is 0 Å². The minimum Gasteiger partial charge on any atom is -0.0654 e. The Bertz CT molecular complexity index is 232. The molecule has 0 rings (SSSR count).